The van der Waals surface area contributed by atoms with E-state index in [1.54, 1.807) is 24.5 Å². The third-order valence-corrected chi connectivity index (χ3v) is 11.3. The quantitative estimate of drug-likeness (QED) is 0.123. The van der Waals surface area contributed by atoms with Gasteiger partial charge in [0.2, 0.25) is 17.7 Å². The second-order valence-electron chi connectivity index (χ2n) is 14.6. The molecule has 0 spiro atoms. The fraction of sp³-hybridized carbons (Fsp3) is 0.333. The maximum Gasteiger partial charge on any atom is 0.271 e. The number of Topliss-reactive ketones (excluding diaryl/α,β-unsaturated/α-hetero) is 2. The highest BCUT2D eigenvalue weighted by Gasteiger charge is 2.31. The highest BCUT2D eigenvalue weighted by molar-refractivity contribution is 7.10. The van der Waals surface area contributed by atoms with Crippen LogP contribution >= 0.6 is 11.3 Å². The van der Waals surface area contributed by atoms with Gasteiger partial charge in [0.15, 0.2) is 11.6 Å². The van der Waals surface area contributed by atoms with Crippen molar-refractivity contribution in [2.75, 3.05) is 27.3 Å². The molecule has 18 heteroatoms. The number of aliphatic hydroxyl groups is 1. The number of rotatable bonds is 6. The number of aromatic amines is 2. The summed E-state index contributed by atoms with van der Waals surface area (Å²) in [4.78, 5) is 106. The van der Waals surface area contributed by atoms with Crippen LogP contribution in [0.5, 0.6) is 5.75 Å². The predicted octanol–water partition coefficient (Wildman–Crippen LogP) is 2.17. The van der Waals surface area contributed by atoms with E-state index in [0.29, 0.717) is 22.3 Å². The Balaban J connectivity index is 1.35. The standard InChI is InChI=1S/C42H46N8O9S/c1-22-38(55)46-23(2)42(58)50(3)19-27(52)14-26(20-51)41-49-33(21-60-41)40(57)48-32(15-24-17-43-29-9-6-5-8-28(24)29)39(56)47-31(34(53)12-13-36(54)45-22)16-25-18-44-30-10-7-11-35(59-4)37(25)30/h5-11,17-18,21-22,26,31-32,43-44,51H,2,12-16,19-20H2,1,3-4H3,(H,45,54)(H,46,55)(H,47,56)(H,48,57)/t22-,26-,31+,32+/m1/s1. The van der Waals surface area contributed by atoms with Crippen molar-refractivity contribution in [1.29, 1.82) is 0 Å². The first-order valence-electron chi connectivity index (χ1n) is 19.2. The smallest absolute Gasteiger partial charge is 0.271 e. The van der Waals surface area contributed by atoms with E-state index in [1.807, 2.05) is 30.3 Å². The summed E-state index contributed by atoms with van der Waals surface area (Å²) < 4.78 is 5.60. The van der Waals surface area contributed by atoms with Crippen molar-refractivity contribution in [3.8, 4) is 5.75 Å². The second kappa shape index (κ2) is 18.9. The van der Waals surface area contributed by atoms with Gasteiger partial charge in [0.25, 0.3) is 11.8 Å². The first kappa shape index (κ1) is 42.9. The summed E-state index contributed by atoms with van der Waals surface area (Å²) >= 11 is 1.04. The van der Waals surface area contributed by atoms with Gasteiger partial charge in [0, 0.05) is 84.6 Å². The molecule has 1 aliphatic rings. The number of thiazole rings is 1. The number of para-hydroxylation sites is 1. The molecule has 2 aromatic carbocycles. The van der Waals surface area contributed by atoms with E-state index in [-0.39, 0.29) is 55.0 Å². The Hall–Kier alpha value is -6.66. The highest BCUT2D eigenvalue weighted by Crippen LogP contribution is 2.30. The Bertz CT molecular complexity index is 2470. The number of benzene rings is 2. The number of ether oxygens (including phenoxy) is 1. The number of amides is 5. The molecule has 17 nitrogen and oxygen atoms in total. The average molecular weight is 839 g/mol. The van der Waals surface area contributed by atoms with Crippen LogP contribution in [0.3, 0.4) is 0 Å². The van der Waals surface area contributed by atoms with Gasteiger partial charge in [-0.1, -0.05) is 30.8 Å². The van der Waals surface area contributed by atoms with Crippen LogP contribution in [-0.2, 0) is 41.6 Å². The SMILES string of the molecule is C=C1NC(=O)[C@@H](C)NC(=O)CCC(=O)[C@H](Cc2c[nH]c3cccc(OC)c23)NC(=O)[C@H](Cc2c[nH]c3ccccc23)NC(=O)c2csc(n2)[C@@H](CO)CC(=O)CN(C)C1=O. The third-order valence-electron chi connectivity index (χ3n) is 10.3. The monoisotopic (exact) mass is 838 g/mol. The summed E-state index contributed by atoms with van der Waals surface area (Å²) in [5.41, 5.74) is 2.49. The molecule has 2 bridgehead atoms. The van der Waals surface area contributed by atoms with Crippen molar-refractivity contribution in [3.05, 3.63) is 94.3 Å². The van der Waals surface area contributed by atoms with Crippen molar-refractivity contribution in [3.63, 3.8) is 0 Å². The Kier molecular flexibility index (Phi) is 13.6. The molecule has 5 aromatic rings. The van der Waals surface area contributed by atoms with E-state index in [1.165, 1.54) is 26.5 Å². The Labute approximate surface area is 348 Å². The van der Waals surface area contributed by atoms with Crippen LogP contribution in [0.15, 0.2) is 72.5 Å². The number of likely N-dealkylation sites (N-methyl/N-ethyl adjacent to an activating group) is 1. The molecule has 60 heavy (non-hydrogen) atoms. The van der Waals surface area contributed by atoms with Crippen molar-refractivity contribution in [1.82, 2.24) is 41.1 Å². The van der Waals surface area contributed by atoms with E-state index in [4.69, 9.17) is 4.74 Å². The molecule has 0 unspecified atom stereocenters. The number of nitrogens with zero attached hydrogens (tertiary/aromatic N) is 2. The van der Waals surface area contributed by atoms with Gasteiger partial charge in [-0.2, -0.15) is 0 Å². The van der Waals surface area contributed by atoms with Gasteiger partial charge in [-0.15, -0.1) is 11.3 Å². The zero-order valence-corrected chi connectivity index (χ0v) is 34.1. The van der Waals surface area contributed by atoms with E-state index < -0.39 is 71.8 Å². The lowest BCUT2D eigenvalue weighted by Crippen LogP contribution is -2.53. The second-order valence-corrected chi connectivity index (χ2v) is 15.5. The number of ketones is 2. The van der Waals surface area contributed by atoms with Crippen molar-refractivity contribution >= 4 is 74.2 Å². The van der Waals surface area contributed by atoms with Crippen LogP contribution in [0.2, 0.25) is 0 Å². The largest absolute Gasteiger partial charge is 0.496 e. The van der Waals surface area contributed by atoms with Crippen molar-refractivity contribution < 1.29 is 43.4 Å². The topological polar surface area (TPSA) is 245 Å². The fourth-order valence-corrected chi connectivity index (χ4v) is 7.96. The molecule has 314 valence electrons. The highest BCUT2D eigenvalue weighted by atomic mass is 32.1. The number of hydrogen-bond acceptors (Lipinski definition) is 11. The van der Waals surface area contributed by atoms with Gasteiger partial charge < -0.3 is 46.0 Å². The molecule has 1 aliphatic heterocycles. The van der Waals surface area contributed by atoms with Gasteiger partial charge in [-0.05, 0) is 36.2 Å². The van der Waals surface area contributed by atoms with Gasteiger partial charge in [0.1, 0.15) is 23.5 Å². The summed E-state index contributed by atoms with van der Waals surface area (Å²) in [7, 11) is 2.86. The number of methoxy groups -OCH3 is 1. The lowest BCUT2D eigenvalue weighted by molar-refractivity contribution is -0.133. The number of aromatic nitrogens is 3. The molecule has 7 N–H and O–H groups in total. The van der Waals surface area contributed by atoms with Gasteiger partial charge in [-0.25, -0.2) is 4.98 Å². The Morgan fingerprint density at radius 3 is 2.37 bits per heavy atom. The molecule has 3 aromatic heterocycles. The summed E-state index contributed by atoms with van der Waals surface area (Å²) in [5.74, 6) is -4.78. The summed E-state index contributed by atoms with van der Waals surface area (Å²) in [6, 6.07) is 9.29. The Morgan fingerprint density at radius 1 is 0.883 bits per heavy atom. The van der Waals surface area contributed by atoms with Crippen molar-refractivity contribution in [2.45, 2.75) is 63.1 Å². The molecule has 0 aliphatic carbocycles. The minimum absolute atomic E-state index is 0.00911. The first-order valence-corrected chi connectivity index (χ1v) is 20.1. The third kappa shape index (κ3) is 9.95. The minimum Gasteiger partial charge on any atom is -0.496 e. The number of hydrogen-bond donors (Lipinski definition) is 7. The lowest BCUT2D eigenvalue weighted by Gasteiger charge is -2.23. The molecule has 4 heterocycles. The summed E-state index contributed by atoms with van der Waals surface area (Å²) in [6.45, 7) is 4.12. The van der Waals surface area contributed by atoms with E-state index >= 15 is 0 Å². The lowest BCUT2D eigenvalue weighted by atomic mass is 9.97. The van der Waals surface area contributed by atoms with E-state index in [0.717, 1.165) is 32.7 Å². The maximum atomic E-state index is 14.5. The summed E-state index contributed by atoms with van der Waals surface area (Å²) in [6.07, 6.45) is 2.54. The van der Waals surface area contributed by atoms with Crippen LogP contribution in [0, 0.1) is 0 Å². The van der Waals surface area contributed by atoms with Gasteiger partial charge >= 0.3 is 0 Å². The number of carbonyl (C=O) groups excluding carboxylic acids is 7. The van der Waals surface area contributed by atoms with Crippen LogP contribution in [0.1, 0.15) is 58.7 Å². The first-order chi connectivity index (χ1) is 28.8. The zero-order valence-electron chi connectivity index (χ0n) is 33.3. The van der Waals surface area contributed by atoms with Crippen molar-refractivity contribution in [2.24, 2.45) is 0 Å². The number of fused-ring (bicyclic) bond motifs is 4. The van der Waals surface area contributed by atoms with Crippen LogP contribution in [-0.4, -0.2) is 111 Å². The molecule has 0 fully saturated rings. The number of carbonyl (C=O) groups is 7. The number of nitrogens with one attached hydrogen (secondary N) is 6. The minimum atomic E-state index is -1.24. The predicted molar refractivity (Wildman–Crippen MR) is 222 cm³/mol. The molecule has 4 atom stereocenters. The van der Waals surface area contributed by atoms with Gasteiger partial charge in [0.05, 0.1) is 37.0 Å². The molecular formula is C42H46N8O9S. The van der Waals surface area contributed by atoms with Crippen LogP contribution in [0.25, 0.3) is 21.8 Å². The fourth-order valence-electron chi connectivity index (χ4n) is 7.07. The molecule has 0 radical (unpaired) electrons. The molecule has 0 saturated carbocycles. The van der Waals surface area contributed by atoms with Crippen LogP contribution in [0.4, 0.5) is 0 Å². The molecule has 5 amide bonds. The Morgan fingerprint density at radius 2 is 1.60 bits per heavy atom. The molecular weight excluding hydrogens is 793 g/mol. The summed E-state index contributed by atoms with van der Waals surface area (Å²) in [5, 5.41) is 24.0. The average Bonchev–Trinajstić information content (AvgIpc) is 4.00. The van der Waals surface area contributed by atoms with Crippen LogP contribution < -0.4 is 26.0 Å². The van der Waals surface area contributed by atoms with E-state index in [2.05, 4.69) is 42.8 Å². The normalized spacial score (nSPS) is 21.0. The number of aliphatic hydroxyl groups excluding tert-OH is 1. The zero-order chi connectivity index (χ0) is 43.1. The van der Waals surface area contributed by atoms with Gasteiger partial charge in [-0.3, -0.25) is 33.6 Å². The number of H-pyrrole nitrogens is 2. The molecule has 6 rings (SSSR count). The maximum absolute atomic E-state index is 14.5. The molecule has 0 saturated heterocycles. The van der Waals surface area contributed by atoms with E-state index in [9.17, 15) is 38.7 Å².